The third-order valence-corrected chi connectivity index (χ3v) is 6.86. The van der Waals surface area contributed by atoms with E-state index in [1.54, 1.807) is 0 Å². The average Bonchev–Trinajstić information content (AvgIpc) is 2.82. The van der Waals surface area contributed by atoms with Gasteiger partial charge in [0.2, 0.25) is 0 Å². The zero-order valence-corrected chi connectivity index (χ0v) is 22.6. The number of rotatable bonds is 4. The van der Waals surface area contributed by atoms with Gasteiger partial charge in [0.1, 0.15) is 0 Å². The van der Waals surface area contributed by atoms with Crippen LogP contribution < -0.4 is 0 Å². The molecule has 0 spiro atoms. The molecule has 1 heterocycles. The molecule has 1 aliphatic rings. The predicted molar refractivity (Wildman–Crippen MR) is 153 cm³/mol. The van der Waals surface area contributed by atoms with E-state index in [0.717, 1.165) is 28.8 Å². The normalized spacial score (nSPS) is 17.7. The van der Waals surface area contributed by atoms with Crippen molar-refractivity contribution in [2.45, 2.75) is 58.9 Å². The molecule has 3 aromatic rings. The summed E-state index contributed by atoms with van der Waals surface area (Å²) in [6.07, 6.45) is 4.14. The minimum atomic E-state index is 0.108. The minimum Gasteiger partial charge on any atom is -0.290 e. The highest BCUT2D eigenvalue weighted by atomic mass is 16.1. The Morgan fingerprint density at radius 2 is 1.06 bits per heavy atom. The Labute approximate surface area is 217 Å². The highest BCUT2D eigenvalue weighted by Gasteiger charge is 2.26. The van der Waals surface area contributed by atoms with Gasteiger partial charge in [-0.2, -0.15) is 0 Å². The smallest absolute Gasteiger partial charge is 0.187 e. The molecule has 0 atom stereocenters. The molecule has 2 nitrogen and oxygen atoms in total. The Balaban J connectivity index is 1.66. The fourth-order valence-corrected chi connectivity index (χ4v) is 4.62. The molecule has 1 aliphatic heterocycles. The van der Waals surface area contributed by atoms with Gasteiger partial charge in [-0.1, -0.05) is 120 Å². The quantitative estimate of drug-likeness (QED) is 0.357. The van der Waals surface area contributed by atoms with E-state index in [2.05, 4.69) is 131 Å². The summed E-state index contributed by atoms with van der Waals surface area (Å²) in [5.74, 6) is 0.152. The molecule has 0 saturated carbocycles. The molecule has 0 amide bonds. The second-order valence-corrected chi connectivity index (χ2v) is 12.0. The summed E-state index contributed by atoms with van der Waals surface area (Å²) in [5.41, 5.74) is 7.90. The van der Waals surface area contributed by atoms with Crippen LogP contribution in [-0.2, 0) is 22.2 Å². The predicted octanol–water partition coefficient (Wildman–Crippen LogP) is 7.83. The van der Waals surface area contributed by atoms with E-state index in [-0.39, 0.29) is 16.6 Å². The first-order chi connectivity index (χ1) is 17.0. The van der Waals surface area contributed by atoms with Crippen molar-refractivity contribution < 1.29 is 4.79 Å². The van der Waals surface area contributed by atoms with Gasteiger partial charge >= 0.3 is 0 Å². The lowest BCUT2D eigenvalue weighted by molar-refractivity contribution is -0.113. The summed E-state index contributed by atoms with van der Waals surface area (Å²) >= 11 is 0. The topological polar surface area (TPSA) is 20.3 Å². The zero-order chi connectivity index (χ0) is 25.9. The second kappa shape index (κ2) is 10.4. The maximum absolute atomic E-state index is 13.6. The Morgan fingerprint density at radius 3 is 1.44 bits per heavy atom. The fourth-order valence-electron chi connectivity index (χ4n) is 4.62. The summed E-state index contributed by atoms with van der Waals surface area (Å²) in [6, 6.07) is 27.7. The van der Waals surface area contributed by atoms with Crippen LogP contribution in [0.25, 0.3) is 12.2 Å². The van der Waals surface area contributed by atoms with Gasteiger partial charge in [-0.3, -0.25) is 9.69 Å². The second-order valence-electron chi connectivity index (χ2n) is 12.0. The molecule has 0 radical (unpaired) electrons. The highest BCUT2D eigenvalue weighted by Crippen LogP contribution is 2.27. The number of carbonyl (C=O) groups excluding carboxylic acids is 1. The first-order valence-electron chi connectivity index (χ1n) is 12.9. The number of Topliss-reactive ketones (excluding diaryl/α,β-unsaturated/α-hetero) is 1. The van der Waals surface area contributed by atoms with Crippen LogP contribution in [0.15, 0.2) is 90.0 Å². The molecule has 1 saturated heterocycles. The molecular formula is C34H39NO. The number of nitrogens with zero attached hydrogens (tertiary/aromatic N) is 1. The molecule has 0 bridgehead atoms. The summed E-state index contributed by atoms with van der Waals surface area (Å²) in [6.45, 7) is 15.4. The maximum Gasteiger partial charge on any atom is 0.187 e. The standard InChI is InChI=1S/C34H39NO/c1-33(2,3)30-16-12-25(13-17-30)20-28-23-35(22-27-10-8-7-9-11-27)24-29(32(28)36)21-26-14-18-31(19-15-26)34(4,5)6/h7-21H,22-24H2,1-6H3. The first kappa shape index (κ1) is 25.9. The van der Waals surface area contributed by atoms with Crippen molar-refractivity contribution in [1.82, 2.24) is 4.90 Å². The monoisotopic (exact) mass is 477 g/mol. The zero-order valence-electron chi connectivity index (χ0n) is 22.6. The molecule has 0 N–H and O–H groups in total. The van der Waals surface area contributed by atoms with Gasteiger partial charge in [-0.25, -0.2) is 0 Å². The van der Waals surface area contributed by atoms with Crippen LogP contribution in [0.3, 0.4) is 0 Å². The van der Waals surface area contributed by atoms with E-state index >= 15 is 0 Å². The number of hydrogen-bond acceptors (Lipinski definition) is 2. The van der Waals surface area contributed by atoms with E-state index < -0.39 is 0 Å². The lowest BCUT2D eigenvalue weighted by atomic mass is 9.86. The third kappa shape index (κ3) is 6.50. The lowest BCUT2D eigenvalue weighted by Gasteiger charge is -2.30. The molecule has 3 aromatic carbocycles. The van der Waals surface area contributed by atoms with E-state index in [4.69, 9.17) is 0 Å². The van der Waals surface area contributed by atoms with Gasteiger partial charge < -0.3 is 0 Å². The summed E-state index contributed by atoms with van der Waals surface area (Å²) < 4.78 is 0. The maximum atomic E-state index is 13.6. The Bertz CT molecular complexity index is 1170. The van der Waals surface area contributed by atoms with Crippen LogP contribution >= 0.6 is 0 Å². The van der Waals surface area contributed by atoms with Gasteiger partial charge in [0, 0.05) is 30.8 Å². The van der Waals surface area contributed by atoms with Crippen molar-refractivity contribution in [3.63, 3.8) is 0 Å². The highest BCUT2D eigenvalue weighted by molar-refractivity contribution is 6.14. The number of carbonyl (C=O) groups is 1. The molecule has 186 valence electrons. The van der Waals surface area contributed by atoms with E-state index in [1.807, 2.05) is 6.07 Å². The molecule has 1 fully saturated rings. The van der Waals surface area contributed by atoms with Crippen molar-refractivity contribution in [3.05, 3.63) is 118 Å². The molecule has 0 aliphatic carbocycles. The molecule has 4 rings (SSSR count). The van der Waals surface area contributed by atoms with Gasteiger partial charge in [0.05, 0.1) is 0 Å². The lowest BCUT2D eigenvalue weighted by Crippen LogP contribution is -2.37. The van der Waals surface area contributed by atoms with Crippen LogP contribution in [0, 0.1) is 0 Å². The summed E-state index contributed by atoms with van der Waals surface area (Å²) in [7, 11) is 0. The van der Waals surface area contributed by atoms with Gasteiger partial charge in [-0.05, 0) is 50.8 Å². The van der Waals surface area contributed by atoms with Crippen molar-refractivity contribution in [1.29, 1.82) is 0 Å². The summed E-state index contributed by atoms with van der Waals surface area (Å²) in [5, 5.41) is 0. The molecule has 2 heteroatoms. The Morgan fingerprint density at radius 1 is 0.639 bits per heavy atom. The van der Waals surface area contributed by atoms with Gasteiger partial charge in [0.15, 0.2) is 5.78 Å². The molecular weight excluding hydrogens is 438 g/mol. The number of likely N-dealkylation sites (tertiary alicyclic amines) is 1. The SMILES string of the molecule is CC(C)(C)c1ccc(C=C2CN(Cc3ccccc3)CC(=Cc3ccc(C(C)(C)C)cc3)C2=O)cc1. The molecule has 36 heavy (non-hydrogen) atoms. The minimum absolute atomic E-state index is 0.108. The Kier molecular flexibility index (Phi) is 7.47. The largest absolute Gasteiger partial charge is 0.290 e. The van der Waals surface area contributed by atoms with Crippen molar-refractivity contribution in [2.75, 3.05) is 13.1 Å². The van der Waals surface area contributed by atoms with Gasteiger partial charge in [0.25, 0.3) is 0 Å². The van der Waals surface area contributed by atoms with Crippen molar-refractivity contribution >= 4 is 17.9 Å². The van der Waals surface area contributed by atoms with Crippen LogP contribution in [0.1, 0.15) is 69.4 Å². The number of piperidine rings is 1. The fraction of sp³-hybridized carbons (Fsp3) is 0.324. The van der Waals surface area contributed by atoms with Crippen LogP contribution in [0.4, 0.5) is 0 Å². The number of benzene rings is 3. The third-order valence-electron chi connectivity index (χ3n) is 6.86. The van der Waals surface area contributed by atoms with E-state index in [9.17, 15) is 4.79 Å². The molecule has 0 aromatic heterocycles. The van der Waals surface area contributed by atoms with E-state index in [0.29, 0.717) is 13.1 Å². The number of hydrogen-bond donors (Lipinski definition) is 0. The summed E-state index contributed by atoms with van der Waals surface area (Å²) in [4.78, 5) is 16.0. The van der Waals surface area contributed by atoms with Gasteiger partial charge in [-0.15, -0.1) is 0 Å². The first-order valence-corrected chi connectivity index (χ1v) is 12.9. The number of ketones is 1. The van der Waals surface area contributed by atoms with Crippen LogP contribution in [0.2, 0.25) is 0 Å². The Hall–Kier alpha value is -3.23. The van der Waals surface area contributed by atoms with Crippen LogP contribution in [-0.4, -0.2) is 23.8 Å². The molecule has 0 unspecified atom stereocenters. The van der Waals surface area contributed by atoms with Crippen LogP contribution in [0.5, 0.6) is 0 Å². The average molecular weight is 478 g/mol. The van der Waals surface area contributed by atoms with Crippen molar-refractivity contribution in [2.24, 2.45) is 0 Å². The van der Waals surface area contributed by atoms with E-state index in [1.165, 1.54) is 16.7 Å². The van der Waals surface area contributed by atoms with Crippen molar-refractivity contribution in [3.8, 4) is 0 Å².